The highest BCUT2D eigenvalue weighted by Gasteiger charge is 2.32. The molecule has 1 heterocycles. The molecule has 1 aliphatic rings. The topological polar surface area (TPSA) is 83.6 Å². The van der Waals surface area contributed by atoms with E-state index in [2.05, 4.69) is 0 Å². The van der Waals surface area contributed by atoms with Crippen LogP contribution in [0.15, 0.2) is 24.3 Å². The second-order valence-electron chi connectivity index (χ2n) is 4.58. The van der Waals surface area contributed by atoms with Crippen LogP contribution in [0.2, 0.25) is 0 Å². The molecule has 0 radical (unpaired) electrons. The maximum absolute atomic E-state index is 12.0. The Bertz CT molecular complexity index is 450. The fraction of sp³-hybridized carbons (Fsp3) is 0.385. The quantitative estimate of drug-likeness (QED) is 0.821. The first-order chi connectivity index (χ1) is 8.60. The predicted molar refractivity (Wildman–Crippen MR) is 66.0 cm³/mol. The van der Waals surface area contributed by atoms with Gasteiger partial charge in [0.05, 0.1) is 6.42 Å². The summed E-state index contributed by atoms with van der Waals surface area (Å²) in [6.45, 7) is 1.52. The van der Waals surface area contributed by atoms with Crippen LogP contribution < -0.4 is 5.73 Å². The Kier molecular flexibility index (Phi) is 3.62. The number of carbonyl (C=O) groups is 2. The number of likely N-dealkylation sites (tertiary alicyclic amines) is 1. The number of carbonyl (C=O) groups excluding carboxylic acids is 1. The van der Waals surface area contributed by atoms with Gasteiger partial charge in [-0.05, 0) is 17.7 Å². The zero-order valence-corrected chi connectivity index (χ0v) is 10.0. The Morgan fingerprint density at radius 3 is 2.39 bits per heavy atom. The van der Waals surface area contributed by atoms with E-state index >= 15 is 0 Å². The van der Waals surface area contributed by atoms with Gasteiger partial charge in [-0.2, -0.15) is 0 Å². The second kappa shape index (κ2) is 5.18. The average molecular weight is 248 g/mol. The van der Waals surface area contributed by atoms with Gasteiger partial charge in [-0.25, -0.2) is 0 Å². The summed E-state index contributed by atoms with van der Waals surface area (Å²) >= 11 is 0. The summed E-state index contributed by atoms with van der Waals surface area (Å²) in [6.07, 6.45) is 0.135. The van der Waals surface area contributed by atoms with Crippen LogP contribution in [0.3, 0.4) is 0 Å². The molecule has 2 rings (SSSR count). The van der Waals surface area contributed by atoms with E-state index in [9.17, 15) is 9.59 Å². The van der Waals surface area contributed by atoms with E-state index in [0.29, 0.717) is 25.2 Å². The van der Waals surface area contributed by atoms with Crippen molar-refractivity contribution < 1.29 is 14.7 Å². The number of nitrogens with zero attached hydrogens (tertiary/aromatic N) is 1. The summed E-state index contributed by atoms with van der Waals surface area (Å²) < 4.78 is 0. The van der Waals surface area contributed by atoms with Crippen LogP contribution in [0.25, 0.3) is 0 Å². The van der Waals surface area contributed by atoms with E-state index in [1.165, 1.54) is 0 Å². The summed E-state index contributed by atoms with van der Waals surface area (Å²) in [5.74, 6) is -0.755. The zero-order valence-electron chi connectivity index (χ0n) is 10.0. The van der Waals surface area contributed by atoms with Crippen molar-refractivity contribution in [2.75, 3.05) is 13.1 Å². The lowest BCUT2D eigenvalue weighted by Gasteiger charge is -2.38. The van der Waals surface area contributed by atoms with Crippen molar-refractivity contribution >= 4 is 11.9 Å². The largest absolute Gasteiger partial charge is 0.481 e. The third kappa shape index (κ3) is 2.68. The lowest BCUT2D eigenvalue weighted by molar-refractivity contribution is -0.139. The molecule has 18 heavy (non-hydrogen) atoms. The monoisotopic (exact) mass is 248 g/mol. The first kappa shape index (κ1) is 12.6. The van der Waals surface area contributed by atoms with Gasteiger partial charge in [0.15, 0.2) is 0 Å². The van der Waals surface area contributed by atoms with Crippen LogP contribution >= 0.6 is 0 Å². The van der Waals surface area contributed by atoms with E-state index in [1.807, 2.05) is 12.1 Å². The van der Waals surface area contributed by atoms with Crippen LogP contribution in [0.1, 0.15) is 22.3 Å². The summed E-state index contributed by atoms with van der Waals surface area (Å²) in [6, 6.07) is 7.19. The fourth-order valence-electron chi connectivity index (χ4n) is 2.08. The molecule has 0 unspecified atom stereocenters. The Labute approximate surface area is 105 Å². The molecule has 0 aromatic heterocycles. The van der Waals surface area contributed by atoms with Crippen molar-refractivity contribution in [3.05, 3.63) is 35.4 Å². The van der Waals surface area contributed by atoms with Gasteiger partial charge < -0.3 is 15.7 Å². The number of hydrogen-bond donors (Lipinski definition) is 2. The summed E-state index contributed by atoms with van der Waals surface area (Å²) in [7, 11) is 0. The first-order valence-corrected chi connectivity index (χ1v) is 5.90. The number of nitrogens with two attached hydrogens (primary N) is 1. The summed E-state index contributed by atoms with van der Waals surface area (Å²) in [5.41, 5.74) is 7.10. The zero-order chi connectivity index (χ0) is 13.1. The molecule has 1 aromatic rings. The normalized spacial score (nSPS) is 15.3. The van der Waals surface area contributed by atoms with Crippen LogP contribution in [0.4, 0.5) is 0 Å². The molecule has 5 nitrogen and oxygen atoms in total. The molecule has 96 valence electrons. The average Bonchev–Trinajstić information content (AvgIpc) is 2.32. The lowest BCUT2D eigenvalue weighted by atomic mass is 9.95. The van der Waals surface area contributed by atoms with Gasteiger partial charge in [-0.15, -0.1) is 0 Å². The molecular formula is C13H16N2O3. The fourth-order valence-corrected chi connectivity index (χ4v) is 2.08. The molecule has 1 aliphatic heterocycles. The third-order valence-electron chi connectivity index (χ3n) is 3.14. The van der Waals surface area contributed by atoms with Crippen LogP contribution in [-0.2, 0) is 11.3 Å². The molecule has 1 fully saturated rings. The minimum absolute atomic E-state index is 0.0415. The number of hydrogen-bond acceptors (Lipinski definition) is 3. The maximum atomic E-state index is 12.0. The van der Waals surface area contributed by atoms with E-state index in [0.717, 1.165) is 5.56 Å². The summed E-state index contributed by atoms with van der Waals surface area (Å²) in [5, 5.41) is 8.63. The van der Waals surface area contributed by atoms with Crippen molar-refractivity contribution in [1.29, 1.82) is 0 Å². The van der Waals surface area contributed by atoms with Crippen molar-refractivity contribution in [2.24, 2.45) is 11.7 Å². The van der Waals surface area contributed by atoms with Gasteiger partial charge in [0.2, 0.25) is 0 Å². The smallest absolute Gasteiger partial charge is 0.303 e. The minimum Gasteiger partial charge on any atom is -0.481 e. The van der Waals surface area contributed by atoms with Crippen molar-refractivity contribution in [3.8, 4) is 0 Å². The Morgan fingerprint density at radius 1 is 1.28 bits per heavy atom. The highest BCUT2D eigenvalue weighted by atomic mass is 16.4. The molecule has 0 spiro atoms. The van der Waals surface area contributed by atoms with Gasteiger partial charge in [-0.3, -0.25) is 9.59 Å². The highest BCUT2D eigenvalue weighted by molar-refractivity contribution is 5.94. The van der Waals surface area contributed by atoms with Crippen molar-refractivity contribution in [1.82, 2.24) is 4.90 Å². The Morgan fingerprint density at radius 2 is 1.89 bits per heavy atom. The third-order valence-corrected chi connectivity index (χ3v) is 3.14. The van der Waals surface area contributed by atoms with E-state index < -0.39 is 5.97 Å². The lowest BCUT2D eigenvalue weighted by Crippen LogP contribution is -2.50. The predicted octanol–water partition coefficient (Wildman–Crippen LogP) is 0.692. The maximum Gasteiger partial charge on any atom is 0.303 e. The standard InChI is InChI=1S/C13H16N2O3/c14-6-9-1-3-11(4-2-9)13(18)15-7-10(8-15)5-12(16)17/h1-4,10H,5-8,14H2,(H,16,17). The highest BCUT2D eigenvalue weighted by Crippen LogP contribution is 2.21. The molecule has 5 heteroatoms. The van der Waals surface area contributed by atoms with Crippen molar-refractivity contribution in [2.45, 2.75) is 13.0 Å². The first-order valence-electron chi connectivity index (χ1n) is 5.90. The molecule has 3 N–H and O–H groups in total. The van der Waals surface area contributed by atoms with Gasteiger partial charge >= 0.3 is 5.97 Å². The molecule has 0 saturated carbocycles. The van der Waals surface area contributed by atoms with E-state index in [1.54, 1.807) is 17.0 Å². The molecule has 0 bridgehead atoms. The molecule has 0 atom stereocenters. The van der Waals surface area contributed by atoms with Crippen molar-refractivity contribution in [3.63, 3.8) is 0 Å². The number of benzene rings is 1. The SMILES string of the molecule is NCc1ccc(C(=O)N2CC(CC(=O)O)C2)cc1. The van der Waals surface area contributed by atoms with Crippen LogP contribution in [0, 0.1) is 5.92 Å². The van der Waals surface area contributed by atoms with Gasteiger partial charge in [0.1, 0.15) is 0 Å². The number of rotatable bonds is 4. The van der Waals surface area contributed by atoms with Gasteiger partial charge in [0.25, 0.3) is 5.91 Å². The second-order valence-corrected chi connectivity index (χ2v) is 4.58. The van der Waals surface area contributed by atoms with Crippen LogP contribution in [-0.4, -0.2) is 35.0 Å². The molecule has 1 aromatic carbocycles. The number of carboxylic acids is 1. The number of carboxylic acid groups (broad SMARTS) is 1. The molecule has 1 amide bonds. The summed E-state index contributed by atoms with van der Waals surface area (Å²) in [4.78, 5) is 24.2. The molecule has 0 aliphatic carbocycles. The molecular weight excluding hydrogens is 232 g/mol. The Hall–Kier alpha value is -1.88. The number of aliphatic carboxylic acids is 1. The van der Waals surface area contributed by atoms with Gasteiger partial charge in [0, 0.05) is 31.1 Å². The molecule has 1 saturated heterocycles. The van der Waals surface area contributed by atoms with Gasteiger partial charge in [-0.1, -0.05) is 12.1 Å². The minimum atomic E-state index is -0.806. The van der Waals surface area contributed by atoms with Crippen LogP contribution in [0.5, 0.6) is 0 Å². The number of amides is 1. The van der Waals surface area contributed by atoms with E-state index in [4.69, 9.17) is 10.8 Å². The van der Waals surface area contributed by atoms with E-state index in [-0.39, 0.29) is 18.2 Å². The Balaban J connectivity index is 1.91.